The van der Waals surface area contributed by atoms with E-state index in [1.807, 2.05) is 0 Å². The van der Waals surface area contributed by atoms with Gasteiger partial charge in [-0.15, -0.1) is 0 Å². The monoisotopic (exact) mass is 633 g/mol. The Hall–Kier alpha value is -6.95. The second-order valence-electron chi connectivity index (χ2n) is 9.53. The van der Waals surface area contributed by atoms with Crippen molar-refractivity contribution in [2.24, 2.45) is 10.2 Å². The van der Waals surface area contributed by atoms with Crippen molar-refractivity contribution >= 4 is 28.6 Å². The molecule has 15 heteroatoms. The van der Waals surface area contributed by atoms with E-state index in [1.54, 1.807) is 67.6 Å². The molecule has 0 saturated carbocycles. The Morgan fingerprint density at radius 2 is 1.30 bits per heavy atom. The summed E-state index contributed by atoms with van der Waals surface area (Å²) in [5, 5.41) is 18.2. The molecule has 47 heavy (non-hydrogen) atoms. The standard InChI is InChI=1S/C18H13N3O4.C14H10N4O4/c1-11-8-17(22)25-16-9-13(6-7-14(11)16)24-18(23)15-5-3-2-4-12(15)10-20-21-19;15-17-16-9-10-3-1-2-4-13(10)14(19)22-12-7-5-11(6-8-12)18(20)21/h2-9H,10H2,1H3;1-8H,9H2. The molecule has 1 heterocycles. The summed E-state index contributed by atoms with van der Waals surface area (Å²) in [6, 6.07) is 24.7. The first kappa shape index (κ1) is 33.0. The van der Waals surface area contributed by atoms with Gasteiger partial charge in [0.25, 0.3) is 5.69 Å². The normalized spacial score (nSPS) is 9.98. The number of nitrogens with zero attached hydrogens (tertiary/aromatic N) is 7. The molecular formula is C32H23N7O8. The third-order valence-electron chi connectivity index (χ3n) is 6.47. The summed E-state index contributed by atoms with van der Waals surface area (Å²) < 4.78 is 15.7. The van der Waals surface area contributed by atoms with Crippen molar-refractivity contribution in [1.82, 2.24) is 0 Å². The zero-order valence-corrected chi connectivity index (χ0v) is 24.5. The molecule has 0 radical (unpaired) electrons. The van der Waals surface area contributed by atoms with Gasteiger partial charge in [0.15, 0.2) is 0 Å². The van der Waals surface area contributed by atoms with Gasteiger partial charge in [0.05, 0.1) is 29.1 Å². The minimum absolute atomic E-state index is 0.0298. The molecule has 0 fully saturated rings. The number of carbonyl (C=O) groups excluding carboxylic acids is 2. The van der Waals surface area contributed by atoms with E-state index in [9.17, 15) is 24.5 Å². The van der Waals surface area contributed by atoms with Gasteiger partial charge in [0.2, 0.25) is 0 Å². The third kappa shape index (κ3) is 8.80. The fraction of sp³-hybridized carbons (Fsp3) is 0.0938. The second-order valence-corrected chi connectivity index (χ2v) is 9.53. The zero-order chi connectivity index (χ0) is 33.8. The summed E-state index contributed by atoms with van der Waals surface area (Å²) in [6.07, 6.45) is 0. The summed E-state index contributed by atoms with van der Waals surface area (Å²) in [5.74, 6) is -0.769. The highest BCUT2D eigenvalue weighted by Crippen LogP contribution is 2.24. The summed E-state index contributed by atoms with van der Waals surface area (Å²) in [7, 11) is 0. The molecule has 0 saturated heterocycles. The van der Waals surface area contributed by atoms with Crippen molar-refractivity contribution in [2.45, 2.75) is 20.0 Å². The van der Waals surface area contributed by atoms with Crippen molar-refractivity contribution < 1.29 is 28.4 Å². The van der Waals surface area contributed by atoms with Crippen LogP contribution >= 0.6 is 0 Å². The van der Waals surface area contributed by atoms with Gasteiger partial charge in [-0.2, -0.15) is 0 Å². The molecule has 5 aromatic rings. The molecule has 0 N–H and O–H groups in total. The van der Waals surface area contributed by atoms with Gasteiger partial charge in [0.1, 0.15) is 17.1 Å². The summed E-state index contributed by atoms with van der Waals surface area (Å²) in [5.41, 5.74) is 19.0. The lowest BCUT2D eigenvalue weighted by atomic mass is 10.1. The van der Waals surface area contributed by atoms with Crippen LogP contribution in [0.4, 0.5) is 5.69 Å². The highest BCUT2D eigenvalue weighted by Gasteiger charge is 2.15. The smallest absolute Gasteiger partial charge is 0.343 e. The van der Waals surface area contributed by atoms with Crippen molar-refractivity contribution in [1.29, 1.82) is 0 Å². The van der Waals surface area contributed by atoms with Crippen LogP contribution in [0.5, 0.6) is 11.5 Å². The minimum Gasteiger partial charge on any atom is -0.423 e. The molecule has 234 valence electrons. The number of non-ortho nitro benzene ring substituents is 1. The van der Waals surface area contributed by atoms with Gasteiger partial charge in [-0.05, 0) is 71.1 Å². The number of hydrogen-bond donors (Lipinski definition) is 0. The van der Waals surface area contributed by atoms with Gasteiger partial charge >= 0.3 is 17.6 Å². The van der Waals surface area contributed by atoms with Crippen molar-refractivity contribution in [3.63, 3.8) is 0 Å². The summed E-state index contributed by atoms with van der Waals surface area (Å²) in [6.45, 7) is 1.88. The number of fused-ring (bicyclic) bond motifs is 1. The number of rotatable bonds is 9. The molecule has 0 aliphatic carbocycles. The summed E-state index contributed by atoms with van der Waals surface area (Å²) >= 11 is 0. The largest absolute Gasteiger partial charge is 0.423 e. The first-order valence-corrected chi connectivity index (χ1v) is 13.6. The van der Waals surface area contributed by atoms with Crippen molar-refractivity contribution in [3.05, 3.63) is 166 Å². The van der Waals surface area contributed by atoms with Crippen LogP contribution in [0, 0.1) is 17.0 Å². The highest BCUT2D eigenvalue weighted by molar-refractivity contribution is 5.93. The second kappa shape index (κ2) is 15.7. The van der Waals surface area contributed by atoms with Crippen LogP contribution in [0.25, 0.3) is 31.9 Å². The number of azide groups is 2. The van der Waals surface area contributed by atoms with E-state index in [2.05, 4.69) is 20.1 Å². The van der Waals surface area contributed by atoms with Gasteiger partial charge in [-0.1, -0.05) is 46.6 Å². The van der Waals surface area contributed by atoms with Gasteiger partial charge in [-0.25, -0.2) is 14.4 Å². The Bertz CT molecular complexity index is 2120. The van der Waals surface area contributed by atoms with E-state index in [1.165, 1.54) is 36.4 Å². The average molecular weight is 634 g/mol. The van der Waals surface area contributed by atoms with Gasteiger partial charge in [0, 0.05) is 39.5 Å². The van der Waals surface area contributed by atoms with Crippen LogP contribution in [0.2, 0.25) is 0 Å². The highest BCUT2D eigenvalue weighted by atomic mass is 16.6. The quantitative estimate of drug-likeness (QED) is 0.0227. The first-order chi connectivity index (χ1) is 22.7. The SMILES string of the molecule is Cc1cc(=O)oc2cc(OC(=O)c3ccccc3CN=[N+]=[N-])ccc12.[N-]=[N+]=NCc1ccccc1C(=O)Oc1ccc([N+](=O)[O-])cc1. The lowest BCUT2D eigenvalue weighted by Crippen LogP contribution is -2.11. The summed E-state index contributed by atoms with van der Waals surface area (Å²) in [4.78, 5) is 51.4. The molecule has 0 amide bonds. The number of nitro groups is 1. The number of aryl methyl sites for hydroxylation is 1. The Morgan fingerprint density at radius 1 is 0.787 bits per heavy atom. The topological polar surface area (TPSA) is 223 Å². The first-order valence-electron chi connectivity index (χ1n) is 13.6. The van der Waals surface area contributed by atoms with E-state index in [0.717, 1.165) is 10.9 Å². The van der Waals surface area contributed by atoms with E-state index < -0.39 is 22.5 Å². The maximum absolute atomic E-state index is 12.4. The number of carbonyl (C=O) groups is 2. The molecule has 5 rings (SSSR count). The Morgan fingerprint density at radius 3 is 1.83 bits per heavy atom. The van der Waals surface area contributed by atoms with Gasteiger partial charge < -0.3 is 13.9 Å². The average Bonchev–Trinajstić information content (AvgIpc) is 3.07. The minimum atomic E-state index is -0.627. The molecular weight excluding hydrogens is 610 g/mol. The molecule has 1 aromatic heterocycles. The number of benzene rings is 4. The number of hydrogen-bond acceptors (Lipinski definition) is 10. The molecule has 15 nitrogen and oxygen atoms in total. The van der Waals surface area contributed by atoms with Crippen LogP contribution in [0.3, 0.4) is 0 Å². The Balaban J connectivity index is 0.000000215. The molecule has 0 spiro atoms. The Kier molecular flexibility index (Phi) is 11.0. The lowest BCUT2D eigenvalue weighted by molar-refractivity contribution is -0.384. The zero-order valence-electron chi connectivity index (χ0n) is 24.5. The molecule has 4 aromatic carbocycles. The lowest BCUT2D eigenvalue weighted by Gasteiger charge is -2.08. The van der Waals surface area contributed by atoms with Crippen LogP contribution in [-0.2, 0) is 13.1 Å². The fourth-order valence-electron chi connectivity index (χ4n) is 4.26. The van der Waals surface area contributed by atoms with Crippen LogP contribution < -0.4 is 15.1 Å². The Labute approximate surface area is 265 Å². The van der Waals surface area contributed by atoms with Crippen LogP contribution in [0.15, 0.2) is 117 Å². The predicted octanol–water partition coefficient (Wildman–Crippen LogP) is 7.76. The molecule has 0 atom stereocenters. The van der Waals surface area contributed by atoms with Gasteiger partial charge in [-0.3, -0.25) is 10.1 Å². The number of esters is 2. The predicted molar refractivity (Wildman–Crippen MR) is 169 cm³/mol. The molecule has 0 aliphatic rings. The van der Waals surface area contributed by atoms with E-state index in [0.29, 0.717) is 22.3 Å². The third-order valence-corrected chi connectivity index (χ3v) is 6.47. The molecule has 0 bridgehead atoms. The van der Waals surface area contributed by atoms with E-state index in [-0.39, 0.29) is 35.8 Å². The number of nitro benzene ring substituents is 1. The maximum atomic E-state index is 12.4. The fourth-order valence-corrected chi connectivity index (χ4v) is 4.26. The van der Waals surface area contributed by atoms with E-state index in [4.69, 9.17) is 25.0 Å². The maximum Gasteiger partial charge on any atom is 0.343 e. The number of ether oxygens (including phenoxy) is 2. The van der Waals surface area contributed by atoms with Crippen molar-refractivity contribution in [3.8, 4) is 11.5 Å². The van der Waals surface area contributed by atoms with Crippen LogP contribution in [0.1, 0.15) is 37.4 Å². The van der Waals surface area contributed by atoms with Crippen molar-refractivity contribution in [2.75, 3.05) is 0 Å². The van der Waals surface area contributed by atoms with E-state index >= 15 is 0 Å². The molecule has 0 aliphatic heterocycles. The molecule has 0 unspecified atom stereocenters. The van der Waals surface area contributed by atoms with Crippen LogP contribution in [-0.4, -0.2) is 16.9 Å².